The van der Waals surface area contributed by atoms with Gasteiger partial charge in [-0.15, -0.1) is 0 Å². The molecule has 0 radical (unpaired) electrons. The number of halogens is 1. The highest BCUT2D eigenvalue weighted by atomic mass is 35.5. The molecule has 3 heteroatoms. The average Bonchev–Trinajstić information content (AvgIpc) is 2.42. The first-order valence-corrected chi connectivity index (χ1v) is 7.70. The van der Waals surface area contributed by atoms with E-state index in [1.165, 1.54) is 25.7 Å². The second-order valence-electron chi connectivity index (χ2n) is 5.81. The molecule has 0 saturated heterocycles. The summed E-state index contributed by atoms with van der Waals surface area (Å²) in [5.74, 6) is 0.839. The second kappa shape index (κ2) is 6.62. The fraction of sp³-hybridized carbons (Fsp3) is 0.625. The van der Waals surface area contributed by atoms with Crippen molar-refractivity contribution in [3.8, 4) is 0 Å². The molecule has 0 spiro atoms. The highest BCUT2D eigenvalue weighted by Crippen LogP contribution is 2.36. The fourth-order valence-electron chi connectivity index (χ4n) is 3.12. The Balaban J connectivity index is 2.00. The zero-order valence-corrected chi connectivity index (χ0v) is 12.4. The summed E-state index contributed by atoms with van der Waals surface area (Å²) in [7, 11) is 0. The minimum absolute atomic E-state index is 0.158. The van der Waals surface area contributed by atoms with Gasteiger partial charge in [-0.05, 0) is 49.8 Å². The fourth-order valence-corrected chi connectivity index (χ4v) is 3.31. The maximum absolute atomic E-state index is 9.79. The van der Waals surface area contributed by atoms with Crippen LogP contribution in [0.15, 0.2) is 24.3 Å². The average molecular weight is 282 g/mol. The number of hydrogen-bond acceptors (Lipinski definition) is 2. The van der Waals surface area contributed by atoms with Gasteiger partial charge in [-0.2, -0.15) is 0 Å². The van der Waals surface area contributed by atoms with Gasteiger partial charge in [-0.1, -0.05) is 37.4 Å². The lowest BCUT2D eigenvalue weighted by Crippen LogP contribution is -2.45. The number of aliphatic hydroxyl groups excluding tert-OH is 1. The first kappa shape index (κ1) is 14.7. The lowest BCUT2D eigenvalue weighted by molar-refractivity contribution is 0.148. The number of nitrogens with one attached hydrogen (secondary N) is 1. The van der Waals surface area contributed by atoms with Gasteiger partial charge in [-0.25, -0.2) is 0 Å². The number of anilines is 1. The molecule has 1 fully saturated rings. The van der Waals surface area contributed by atoms with Crippen molar-refractivity contribution in [3.05, 3.63) is 29.3 Å². The Morgan fingerprint density at radius 2 is 2.11 bits per heavy atom. The summed E-state index contributed by atoms with van der Waals surface area (Å²) in [6.45, 7) is 2.44. The summed E-state index contributed by atoms with van der Waals surface area (Å²) in [5.41, 5.74) is 0.852. The third-order valence-corrected chi connectivity index (χ3v) is 4.53. The van der Waals surface area contributed by atoms with E-state index in [0.29, 0.717) is 0 Å². The van der Waals surface area contributed by atoms with E-state index in [9.17, 15) is 5.11 Å². The molecule has 1 aromatic carbocycles. The summed E-state index contributed by atoms with van der Waals surface area (Å²) in [6.07, 6.45) is 7.09. The molecule has 19 heavy (non-hydrogen) atoms. The van der Waals surface area contributed by atoms with Gasteiger partial charge in [0, 0.05) is 10.7 Å². The predicted octanol–water partition coefficient (Wildman–Crippen LogP) is 4.47. The number of hydrogen-bond donors (Lipinski definition) is 2. The van der Waals surface area contributed by atoms with Crippen molar-refractivity contribution in [1.82, 2.24) is 0 Å². The molecule has 2 N–H and O–H groups in total. The highest BCUT2D eigenvalue weighted by Gasteiger charge is 2.34. The zero-order valence-electron chi connectivity index (χ0n) is 11.7. The maximum Gasteiger partial charge on any atom is 0.0661 e. The number of benzene rings is 1. The lowest BCUT2D eigenvalue weighted by atomic mass is 9.75. The minimum Gasteiger partial charge on any atom is -0.394 e. The summed E-state index contributed by atoms with van der Waals surface area (Å²) in [5, 5.41) is 14.0. The molecule has 0 aromatic heterocycles. The molecule has 0 unspecified atom stereocenters. The summed E-state index contributed by atoms with van der Waals surface area (Å²) < 4.78 is 0. The molecule has 1 aromatic rings. The van der Waals surface area contributed by atoms with Crippen molar-refractivity contribution in [1.29, 1.82) is 0 Å². The van der Waals surface area contributed by atoms with Crippen LogP contribution in [0.4, 0.5) is 5.69 Å². The Morgan fingerprint density at radius 1 is 1.37 bits per heavy atom. The predicted molar refractivity (Wildman–Crippen MR) is 81.8 cm³/mol. The molecule has 0 aliphatic heterocycles. The lowest BCUT2D eigenvalue weighted by Gasteiger charge is -2.40. The Labute approximate surface area is 121 Å². The van der Waals surface area contributed by atoms with Crippen molar-refractivity contribution in [3.63, 3.8) is 0 Å². The SMILES string of the molecule is CCCC1CCC(CO)(Nc2cccc(Cl)c2)CC1. The van der Waals surface area contributed by atoms with Crippen LogP contribution in [-0.2, 0) is 0 Å². The zero-order chi connectivity index (χ0) is 13.7. The smallest absolute Gasteiger partial charge is 0.0661 e. The monoisotopic (exact) mass is 281 g/mol. The maximum atomic E-state index is 9.79. The van der Waals surface area contributed by atoms with Crippen molar-refractivity contribution in [2.75, 3.05) is 11.9 Å². The van der Waals surface area contributed by atoms with Crippen molar-refractivity contribution < 1.29 is 5.11 Å². The van der Waals surface area contributed by atoms with Crippen LogP contribution in [0.25, 0.3) is 0 Å². The van der Waals surface area contributed by atoms with Crippen LogP contribution in [-0.4, -0.2) is 17.3 Å². The third-order valence-electron chi connectivity index (χ3n) is 4.30. The van der Waals surface area contributed by atoms with Crippen molar-refractivity contribution in [2.24, 2.45) is 5.92 Å². The van der Waals surface area contributed by atoms with Crippen LogP contribution in [0.3, 0.4) is 0 Å². The largest absolute Gasteiger partial charge is 0.394 e. The minimum atomic E-state index is -0.158. The normalized spacial score (nSPS) is 27.2. The van der Waals surface area contributed by atoms with Crippen molar-refractivity contribution >= 4 is 17.3 Å². The number of aliphatic hydroxyl groups is 1. The van der Waals surface area contributed by atoms with E-state index in [-0.39, 0.29) is 12.1 Å². The second-order valence-corrected chi connectivity index (χ2v) is 6.24. The quantitative estimate of drug-likeness (QED) is 0.834. The molecule has 106 valence electrons. The van der Waals surface area contributed by atoms with E-state index in [1.54, 1.807) is 0 Å². The van der Waals surface area contributed by atoms with E-state index in [2.05, 4.69) is 12.2 Å². The standard InChI is InChI=1S/C16H24ClNO/c1-2-4-13-7-9-16(12-19,10-8-13)18-15-6-3-5-14(17)11-15/h3,5-6,11,13,18-19H,2,4,7-10,12H2,1H3. The van der Waals surface area contributed by atoms with Gasteiger partial charge in [0.15, 0.2) is 0 Å². The van der Waals surface area contributed by atoms with Gasteiger partial charge in [-0.3, -0.25) is 0 Å². The van der Waals surface area contributed by atoms with Crippen LogP contribution < -0.4 is 5.32 Å². The van der Waals surface area contributed by atoms with Gasteiger partial charge in [0.2, 0.25) is 0 Å². The molecule has 0 amide bonds. The van der Waals surface area contributed by atoms with E-state index in [0.717, 1.165) is 29.5 Å². The van der Waals surface area contributed by atoms with Gasteiger partial charge < -0.3 is 10.4 Å². The van der Waals surface area contributed by atoms with Crippen LogP contribution in [0.2, 0.25) is 5.02 Å². The van der Waals surface area contributed by atoms with E-state index >= 15 is 0 Å². The van der Waals surface area contributed by atoms with Gasteiger partial charge in [0.25, 0.3) is 0 Å². The first-order chi connectivity index (χ1) is 9.17. The van der Waals surface area contributed by atoms with Crippen LogP contribution in [0, 0.1) is 5.92 Å². The molecule has 0 bridgehead atoms. The Bertz CT molecular complexity index is 399. The third kappa shape index (κ3) is 3.87. The van der Waals surface area contributed by atoms with E-state index < -0.39 is 0 Å². The summed E-state index contributed by atoms with van der Waals surface area (Å²) in [6, 6.07) is 7.76. The Kier molecular flexibility index (Phi) is 5.12. The summed E-state index contributed by atoms with van der Waals surface area (Å²) >= 11 is 6.01. The Morgan fingerprint density at radius 3 is 2.68 bits per heavy atom. The molecule has 0 heterocycles. The van der Waals surface area contributed by atoms with Crippen LogP contribution >= 0.6 is 11.6 Å². The molecule has 1 aliphatic rings. The first-order valence-electron chi connectivity index (χ1n) is 7.32. The highest BCUT2D eigenvalue weighted by molar-refractivity contribution is 6.30. The van der Waals surface area contributed by atoms with Crippen LogP contribution in [0.5, 0.6) is 0 Å². The molecule has 1 saturated carbocycles. The van der Waals surface area contributed by atoms with E-state index in [1.807, 2.05) is 24.3 Å². The summed E-state index contributed by atoms with van der Waals surface area (Å²) in [4.78, 5) is 0. The van der Waals surface area contributed by atoms with Gasteiger partial charge in [0.1, 0.15) is 0 Å². The Hall–Kier alpha value is -0.730. The van der Waals surface area contributed by atoms with Crippen molar-refractivity contribution in [2.45, 2.75) is 51.0 Å². The van der Waals surface area contributed by atoms with Crippen LogP contribution in [0.1, 0.15) is 45.4 Å². The van der Waals surface area contributed by atoms with Gasteiger partial charge in [0.05, 0.1) is 12.1 Å². The molecular weight excluding hydrogens is 258 g/mol. The molecule has 1 aliphatic carbocycles. The topological polar surface area (TPSA) is 32.3 Å². The van der Waals surface area contributed by atoms with E-state index in [4.69, 9.17) is 11.6 Å². The number of rotatable bonds is 5. The molecule has 2 rings (SSSR count). The molecule has 2 nitrogen and oxygen atoms in total. The molecule has 0 atom stereocenters. The molecular formula is C16H24ClNO. The van der Waals surface area contributed by atoms with Gasteiger partial charge >= 0.3 is 0 Å².